The maximum Gasteiger partial charge on any atom is 0.227 e. The van der Waals surface area contributed by atoms with Crippen LogP contribution in [0.15, 0.2) is 30.6 Å². The molecule has 5 atom stereocenters. The zero-order valence-electron chi connectivity index (χ0n) is 26.6. The van der Waals surface area contributed by atoms with Crippen LogP contribution in [0.3, 0.4) is 0 Å². The van der Waals surface area contributed by atoms with Gasteiger partial charge in [0.15, 0.2) is 0 Å². The Morgan fingerprint density at radius 2 is 1.79 bits per heavy atom. The molecule has 1 amide bonds. The van der Waals surface area contributed by atoms with Crippen molar-refractivity contribution in [2.24, 2.45) is 17.3 Å². The maximum atomic E-state index is 14.9. The Balaban J connectivity index is 0.956. The van der Waals surface area contributed by atoms with Crippen molar-refractivity contribution in [2.45, 2.75) is 69.4 Å². The van der Waals surface area contributed by atoms with Gasteiger partial charge in [-0.15, -0.1) is 0 Å². The molecule has 3 aliphatic rings. The normalized spacial score (nSPS) is 21.9. The Morgan fingerprint density at radius 3 is 2.43 bits per heavy atom. The number of aliphatic hydroxyl groups excluding tert-OH is 5. The van der Waals surface area contributed by atoms with Crippen LogP contribution in [-0.4, -0.2) is 123 Å². The van der Waals surface area contributed by atoms with Gasteiger partial charge in [-0.3, -0.25) is 4.79 Å². The fraction of sp³-hybridized carbons (Fsp3) is 0.667. The lowest BCUT2D eigenvalue weighted by atomic mass is 9.54. The number of piperidine rings is 1. The molecule has 1 aliphatic carbocycles. The van der Waals surface area contributed by atoms with Crippen LogP contribution < -0.4 is 15.0 Å². The van der Waals surface area contributed by atoms with Crippen molar-refractivity contribution in [1.82, 2.24) is 20.2 Å². The van der Waals surface area contributed by atoms with Gasteiger partial charge in [-0.05, 0) is 61.5 Å². The first-order valence-corrected chi connectivity index (χ1v) is 16.9. The van der Waals surface area contributed by atoms with Gasteiger partial charge in [-0.2, -0.15) is 0 Å². The number of hydrogen-bond donors (Lipinski definition) is 6. The minimum Gasteiger partial charge on any atom is -0.493 e. The number of amides is 1. The third-order valence-corrected chi connectivity index (χ3v) is 10.5. The van der Waals surface area contributed by atoms with Crippen molar-refractivity contribution < 1.29 is 39.5 Å². The zero-order chi connectivity index (χ0) is 33.6. The molecule has 0 bridgehead atoms. The second kappa shape index (κ2) is 16.2. The van der Waals surface area contributed by atoms with E-state index in [1.807, 2.05) is 0 Å². The average Bonchev–Trinajstić information content (AvgIpc) is 3.05. The average molecular weight is 680 g/mol. The first-order valence-electron chi connectivity index (χ1n) is 16.5. The Morgan fingerprint density at radius 1 is 1.09 bits per heavy atom. The number of aliphatic hydroxyl groups is 5. The number of aromatic nitrogens is 2. The Labute approximate surface area is 279 Å². The molecule has 3 heterocycles. The molecule has 260 valence electrons. The number of carbonyl (C=O) groups excluding carboxylic acids is 1. The second-order valence-electron chi connectivity index (χ2n) is 13.3. The van der Waals surface area contributed by atoms with E-state index in [9.17, 15) is 29.6 Å². The van der Waals surface area contributed by atoms with E-state index in [2.05, 4.69) is 20.2 Å². The van der Waals surface area contributed by atoms with E-state index in [1.54, 1.807) is 29.4 Å². The van der Waals surface area contributed by atoms with Crippen molar-refractivity contribution in [3.63, 3.8) is 0 Å². The predicted octanol–water partition coefficient (Wildman–Crippen LogP) is 1.15. The molecule has 2 saturated heterocycles. The number of anilines is 1. The highest BCUT2D eigenvalue weighted by Gasteiger charge is 2.47. The maximum absolute atomic E-state index is 14.9. The molecule has 0 radical (unpaired) electrons. The molecule has 5 unspecified atom stereocenters. The minimum absolute atomic E-state index is 0.0390. The van der Waals surface area contributed by atoms with Gasteiger partial charge in [-0.1, -0.05) is 17.7 Å². The number of nitrogens with one attached hydrogen (secondary N) is 1. The van der Waals surface area contributed by atoms with Crippen LogP contribution in [0, 0.1) is 23.1 Å². The molecule has 2 aliphatic heterocycles. The number of halogens is 2. The lowest BCUT2D eigenvalue weighted by molar-refractivity contribution is -0.136. The number of ether oxygens (including phenoxy) is 1. The molecule has 1 saturated carbocycles. The monoisotopic (exact) mass is 679 g/mol. The van der Waals surface area contributed by atoms with Gasteiger partial charge in [0.2, 0.25) is 11.9 Å². The molecule has 1 aromatic carbocycles. The molecule has 47 heavy (non-hydrogen) atoms. The van der Waals surface area contributed by atoms with E-state index in [0.717, 1.165) is 44.7 Å². The highest BCUT2D eigenvalue weighted by atomic mass is 35.5. The van der Waals surface area contributed by atoms with E-state index in [4.69, 9.17) is 21.4 Å². The number of hydrogen-bond acceptors (Lipinski definition) is 11. The SMILES string of the molecule is O=C(Cc1ccc(OCCCC2CCC23CCN(c2ncc(Cl)cn2)CC3)cc1F)N1CC(CNCC(O)C(O)C(O)C(O)CO)C1. The van der Waals surface area contributed by atoms with Crippen LogP contribution in [0.5, 0.6) is 5.75 Å². The highest BCUT2D eigenvalue weighted by molar-refractivity contribution is 6.30. The molecule has 14 heteroatoms. The number of benzene rings is 1. The number of likely N-dealkylation sites (tertiary alicyclic amines) is 1. The van der Waals surface area contributed by atoms with Gasteiger partial charge >= 0.3 is 0 Å². The Hall–Kier alpha value is -2.65. The van der Waals surface area contributed by atoms with E-state index in [-0.39, 0.29) is 24.8 Å². The number of rotatable bonds is 16. The summed E-state index contributed by atoms with van der Waals surface area (Å²) in [5.41, 5.74) is 0.704. The molecule has 3 fully saturated rings. The van der Waals surface area contributed by atoms with Gasteiger partial charge in [0.25, 0.3) is 0 Å². The number of carbonyl (C=O) groups is 1. The van der Waals surface area contributed by atoms with Crippen LogP contribution in [0.2, 0.25) is 5.02 Å². The van der Waals surface area contributed by atoms with Gasteiger partial charge in [0.1, 0.15) is 29.9 Å². The fourth-order valence-electron chi connectivity index (χ4n) is 7.06. The summed E-state index contributed by atoms with van der Waals surface area (Å²) in [7, 11) is 0. The Kier molecular flexibility index (Phi) is 12.3. The molecular formula is C33H47ClFN5O7. The molecule has 6 N–H and O–H groups in total. The summed E-state index contributed by atoms with van der Waals surface area (Å²) in [6.07, 6.45) is 3.77. The first kappa shape index (κ1) is 35.7. The largest absolute Gasteiger partial charge is 0.493 e. The summed E-state index contributed by atoms with van der Waals surface area (Å²) in [4.78, 5) is 25.3. The molecular weight excluding hydrogens is 633 g/mol. The van der Waals surface area contributed by atoms with Crippen molar-refractivity contribution >= 4 is 23.5 Å². The van der Waals surface area contributed by atoms with Crippen LogP contribution >= 0.6 is 11.6 Å². The van der Waals surface area contributed by atoms with E-state index in [0.29, 0.717) is 53.9 Å². The van der Waals surface area contributed by atoms with E-state index >= 15 is 0 Å². The fourth-order valence-corrected chi connectivity index (χ4v) is 7.16. The lowest BCUT2D eigenvalue weighted by Crippen LogP contribution is -2.55. The molecule has 2 aromatic rings. The Bertz CT molecular complexity index is 1310. The standard InChI is InChI=1S/C33H47ClFN5O7/c34-24-15-37-32(38-16-24)39-9-7-33(8-10-39)6-5-23(33)2-1-11-47-25-4-3-22(26(35)13-25)12-29(44)40-18-21(19-40)14-36-17-27(42)30(45)31(46)28(43)20-41/h3-4,13,15-16,21,23,27-28,30-31,36,41-43,45-46H,1-2,5-12,14,17-20H2. The summed E-state index contributed by atoms with van der Waals surface area (Å²) in [6, 6.07) is 4.67. The summed E-state index contributed by atoms with van der Waals surface area (Å²) in [5.74, 6) is 1.36. The molecule has 5 rings (SSSR count). The third-order valence-electron chi connectivity index (χ3n) is 10.3. The van der Waals surface area contributed by atoms with Gasteiger partial charge in [0, 0.05) is 51.3 Å². The van der Waals surface area contributed by atoms with Gasteiger partial charge in [-0.25, -0.2) is 14.4 Å². The van der Waals surface area contributed by atoms with Crippen LogP contribution in [-0.2, 0) is 11.2 Å². The van der Waals surface area contributed by atoms with Crippen molar-refractivity contribution in [1.29, 1.82) is 0 Å². The molecule has 12 nitrogen and oxygen atoms in total. The third kappa shape index (κ3) is 8.88. The second-order valence-corrected chi connectivity index (χ2v) is 13.8. The van der Waals surface area contributed by atoms with Crippen molar-refractivity contribution in [2.75, 3.05) is 57.4 Å². The summed E-state index contributed by atoms with van der Waals surface area (Å²) < 4.78 is 20.7. The summed E-state index contributed by atoms with van der Waals surface area (Å²) >= 11 is 5.93. The molecule has 1 aromatic heterocycles. The first-order chi connectivity index (χ1) is 22.6. The van der Waals surface area contributed by atoms with Crippen molar-refractivity contribution in [3.05, 3.63) is 47.0 Å². The zero-order valence-corrected chi connectivity index (χ0v) is 27.3. The smallest absolute Gasteiger partial charge is 0.227 e. The van der Waals surface area contributed by atoms with Crippen LogP contribution in [0.4, 0.5) is 10.3 Å². The minimum atomic E-state index is -1.67. The van der Waals surface area contributed by atoms with E-state index < -0.39 is 36.8 Å². The van der Waals surface area contributed by atoms with Gasteiger partial charge in [0.05, 0.1) is 43.2 Å². The van der Waals surface area contributed by atoms with Crippen LogP contribution in [0.25, 0.3) is 0 Å². The highest BCUT2D eigenvalue weighted by Crippen LogP contribution is 2.55. The topological polar surface area (TPSA) is 172 Å². The van der Waals surface area contributed by atoms with E-state index in [1.165, 1.54) is 18.9 Å². The number of nitrogens with zero attached hydrogens (tertiary/aromatic N) is 4. The quantitative estimate of drug-likeness (QED) is 0.141. The predicted molar refractivity (Wildman–Crippen MR) is 173 cm³/mol. The summed E-state index contributed by atoms with van der Waals surface area (Å²) in [5, 5.41) is 51.3. The lowest BCUT2D eigenvalue weighted by Gasteiger charge is -2.54. The molecule has 1 spiro atoms. The van der Waals surface area contributed by atoms with Gasteiger partial charge < -0.3 is 45.4 Å². The summed E-state index contributed by atoms with van der Waals surface area (Å²) in [6.45, 7) is 3.06. The van der Waals surface area contributed by atoms with Crippen LogP contribution in [0.1, 0.15) is 44.1 Å². The van der Waals surface area contributed by atoms with Crippen molar-refractivity contribution in [3.8, 4) is 5.75 Å².